The molecule has 2 atom stereocenters. The second kappa shape index (κ2) is 8.07. The second-order valence-electron chi connectivity index (χ2n) is 4.39. The van der Waals surface area contributed by atoms with Crippen molar-refractivity contribution in [1.82, 2.24) is 5.32 Å². The van der Waals surface area contributed by atoms with Crippen LogP contribution in [0.1, 0.15) is 24.9 Å². The zero-order valence-corrected chi connectivity index (χ0v) is 12.5. The van der Waals surface area contributed by atoms with Crippen molar-refractivity contribution in [3.8, 4) is 5.75 Å². The van der Waals surface area contributed by atoms with Crippen molar-refractivity contribution >= 4 is 17.7 Å². The third kappa shape index (κ3) is 5.12. The molecule has 1 unspecified atom stereocenters. The number of thioether (sulfide) groups is 1. The van der Waals surface area contributed by atoms with Gasteiger partial charge in [-0.1, -0.05) is 12.1 Å². The first-order valence-electron chi connectivity index (χ1n) is 6.27. The molecule has 0 aliphatic heterocycles. The van der Waals surface area contributed by atoms with Crippen molar-refractivity contribution in [1.29, 1.82) is 0 Å². The fourth-order valence-corrected chi connectivity index (χ4v) is 2.16. The summed E-state index contributed by atoms with van der Waals surface area (Å²) in [5.41, 5.74) is 6.86. The fraction of sp³-hybridized carbons (Fsp3) is 0.500. The first kappa shape index (κ1) is 15.9. The Hall–Kier alpha value is -1.20. The molecule has 0 aliphatic carbocycles. The molecule has 0 spiro atoms. The molecular formula is C14H22N2O2S. The van der Waals surface area contributed by atoms with Gasteiger partial charge in [-0.3, -0.25) is 4.79 Å². The molecule has 5 heteroatoms. The van der Waals surface area contributed by atoms with Gasteiger partial charge < -0.3 is 15.8 Å². The Morgan fingerprint density at radius 1 is 1.42 bits per heavy atom. The van der Waals surface area contributed by atoms with Crippen LogP contribution < -0.4 is 15.8 Å². The van der Waals surface area contributed by atoms with E-state index < -0.39 is 6.04 Å². The fourth-order valence-electron chi connectivity index (χ4n) is 1.67. The highest BCUT2D eigenvalue weighted by atomic mass is 32.2. The third-order valence-corrected chi connectivity index (χ3v) is 3.59. The lowest BCUT2D eigenvalue weighted by atomic mass is 10.1. The Kier molecular flexibility index (Phi) is 6.73. The predicted octanol–water partition coefficient (Wildman–Crippen LogP) is 1.95. The molecule has 0 aromatic heterocycles. The van der Waals surface area contributed by atoms with Gasteiger partial charge in [-0.15, -0.1) is 0 Å². The molecule has 0 saturated carbocycles. The molecule has 0 bridgehead atoms. The lowest BCUT2D eigenvalue weighted by Gasteiger charge is -2.18. The largest absolute Gasteiger partial charge is 0.497 e. The van der Waals surface area contributed by atoms with Crippen molar-refractivity contribution in [3.05, 3.63) is 29.8 Å². The molecule has 106 valence electrons. The highest BCUT2D eigenvalue weighted by Gasteiger charge is 2.16. The number of ether oxygens (including phenoxy) is 1. The topological polar surface area (TPSA) is 64.3 Å². The van der Waals surface area contributed by atoms with E-state index in [1.807, 2.05) is 37.4 Å². The first-order valence-corrected chi connectivity index (χ1v) is 7.66. The van der Waals surface area contributed by atoms with Crippen molar-refractivity contribution < 1.29 is 9.53 Å². The summed E-state index contributed by atoms with van der Waals surface area (Å²) in [6.45, 7) is 1.95. The zero-order chi connectivity index (χ0) is 14.3. The molecule has 1 aromatic rings. The normalized spacial score (nSPS) is 13.7. The number of amides is 1. The highest BCUT2D eigenvalue weighted by Crippen LogP contribution is 2.17. The summed E-state index contributed by atoms with van der Waals surface area (Å²) in [4.78, 5) is 11.9. The first-order chi connectivity index (χ1) is 9.08. The van der Waals surface area contributed by atoms with Crippen molar-refractivity contribution in [2.75, 3.05) is 19.1 Å². The number of benzene rings is 1. The van der Waals surface area contributed by atoms with E-state index >= 15 is 0 Å². The van der Waals surface area contributed by atoms with E-state index in [-0.39, 0.29) is 11.9 Å². The number of methoxy groups -OCH3 is 1. The highest BCUT2D eigenvalue weighted by molar-refractivity contribution is 7.98. The minimum Gasteiger partial charge on any atom is -0.497 e. The van der Waals surface area contributed by atoms with Crippen LogP contribution in [0.5, 0.6) is 5.75 Å². The van der Waals surface area contributed by atoms with Gasteiger partial charge in [0.2, 0.25) is 5.91 Å². The summed E-state index contributed by atoms with van der Waals surface area (Å²) in [6, 6.07) is 7.15. The summed E-state index contributed by atoms with van der Waals surface area (Å²) in [6.07, 6.45) is 2.70. The quantitative estimate of drug-likeness (QED) is 0.802. The van der Waals surface area contributed by atoms with E-state index in [2.05, 4.69) is 5.32 Å². The monoisotopic (exact) mass is 282 g/mol. The van der Waals surface area contributed by atoms with E-state index in [4.69, 9.17) is 10.5 Å². The summed E-state index contributed by atoms with van der Waals surface area (Å²) in [5, 5.41) is 2.93. The van der Waals surface area contributed by atoms with Crippen LogP contribution in [0.15, 0.2) is 24.3 Å². The van der Waals surface area contributed by atoms with E-state index in [1.54, 1.807) is 18.9 Å². The minimum absolute atomic E-state index is 0.0567. The van der Waals surface area contributed by atoms with Gasteiger partial charge in [-0.2, -0.15) is 11.8 Å². The van der Waals surface area contributed by atoms with Gasteiger partial charge in [-0.05, 0) is 43.0 Å². The minimum atomic E-state index is -0.437. The van der Waals surface area contributed by atoms with Crippen molar-refractivity contribution in [2.24, 2.45) is 5.73 Å². The SMILES string of the molecule is COc1ccc(C(C)NC(=O)[C@H](N)CCSC)cc1. The predicted molar refractivity (Wildman–Crippen MR) is 80.5 cm³/mol. The molecule has 0 saturated heterocycles. The van der Waals surface area contributed by atoms with Crippen LogP contribution in [0.25, 0.3) is 0 Å². The van der Waals surface area contributed by atoms with E-state index in [0.29, 0.717) is 6.42 Å². The van der Waals surface area contributed by atoms with Gasteiger partial charge in [0.1, 0.15) is 5.75 Å². The van der Waals surface area contributed by atoms with E-state index in [1.165, 1.54) is 0 Å². The van der Waals surface area contributed by atoms with Crippen LogP contribution >= 0.6 is 11.8 Å². The maximum atomic E-state index is 11.9. The van der Waals surface area contributed by atoms with Crippen LogP contribution in [0.2, 0.25) is 0 Å². The maximum absolute atomic E-state index is 11.9. The molecule has 0 radical (unpaired) electrons. The Balaban J connectivity index is 2.53. The Labute approximate surface area is 119 Å². The molecule has 19 heavy (non-hydrogen) atoms. The Morgan fingerprint density at radius 2 is 2.05 bits per heavy atom. The molecule has 0 heterocycles. The van der Waals surface area contributed by atoms with Crippen LogP contribution in [0.3, 0.4) is 0 Å². The van der Waals surface area contributed by atoms with Crippen molar-refractivity contribution in [2.45, 2.75) is 25.4 Å². The van der Waals surface area contributed by atoms with Gasteiger partial charge >= 0.3 is 0 Å². The Bertz CT molecular complexity index is 395. The standard InChI is InChI=1S/C14H22N2O2S/c1-10(11-4-6-12(18-2)7-5-11)16-14(17)13(15)8-9-19-3/h4-7,10,13H,8-9,15H2,1-3H3,(H,16,17)/t10?,13-/m1/s1. The molecule has 1 aromatic carbocycles. The number of hydrogen-bond donors (Lipinski definition) is 2. The lowest BCUT2D eigenvalue weighted by molar-refractivity contribution is -0.123. The Morgan fingerprint density at radius 3 is 2.58 bits per heavy atom. The smallest absolute Gasteiger partial charge is 0.237 e. The number of hydrogen-bond acceptors (Lipinski definition) is 4. The molecule has 1 rings (SSSR count). The average molecular weight is 282 g/mol. The van der Waals surface area contributed by atoms with Gasteiger partial charge in [-0.25, -0.2) is 0 Å². The van der Waals surface area contributed by atoms with Crippen LogP contribution in [0, 0.1) is 0 Å². The van der Waals surface area contributed by atoms with Crippen LogP contribution in [-0.2, 0) is 4.79 Å². The van der Waals surface area contributed by atoms with E-state index in [9.17, 15) is 4.79 Å². The number of carbonyl (C=O) groups is 1. The molecule has 3 N–H and O–H groups in total. The number of rotatable bonds is 7. The van der Waals surface area contributed by atoms with Gasteiger partial charge in [0.15, 0.2) is 0 Å². The van der Waals surface area contributed by atoms with Gasteiger partial charge in [0.25, 0.3) is 0 Å². The zero-order valence-electron chi connectivity index (χ0n) is 11.7. The summed E-state index contributed by atoms with van der Waals surface area (Å²) >= 11 is 1.69. The summed E-state index contributed by atoms with van der Waals surface area (Å²) < 4.78 is 5.10. The van der Waals surface area contributed by atoms with Gasteiger partial charge in [0, 0.05) is 0 Å². The second-order valence-corrected chi connectivity index (χ2v) is 5.38. The molecule has 4 nitrogen and oxygen atoms in total. The number of carbonyl (C=O) groups excluding carboxylic acids is 1. The third-order valence-electron chi connectivity index (χ3n) is 2.94. The number of nitrogens with two attached hydrogens (primary N) is 1. The van der Waals surface area contributed by atoms with Crippen LogP contribution in [-0.4, -0.2) is 31.1 Å². The van der Waals surface area contributed by atoms with Crippen molar-refractivity contribution in [3.63, 3.8) is 0 Å². The van der Waals surface area contributed by atoms with E-state index in [0.717, 1.165) is 17.1 Å². The number of nitrogens with one attached hydrogen (secondary N) is 1. The average Bonchev–Trinajstić information content (AvgIpc) is 2.44. The van der Waals surface area contributed by atoms with Gasteiger partial charge in [0.05, 0.1) is 19.2 Å². The van der Waals surface area contributed by atoms with Crippen LogP contribution in [0.4, 0.5) is 0 Å². The molecule has 0 fully saturated rings. The maximum Gasteiger partial charge on any atom is 0.237 e. The lowest BCUT2D eigenvalue weighted by Crippen LogP contribution is -2.41. The summed E-state index contributed by atoms with van der Waals surface area (Å²) in [5.74, 6) is 1.60. The molecular weight excluding hydrogens is 260 g/mol. The summed E-state index contributed by atoms with van der Waals surface area (Å²) in [7, 11) is 1.63. The molecule has 0 aliphatic rings. The molecule has 1 amide bonds.